The van der Waals surface area contributed by atoms with Crippen molar-refractivity contribution in [3.05, 3.63) is 81.6 Å². The highest BCUT2D eigenvalue weighted by atomic mass is 79.9. The third kappa shape index (κ3) is 4.63. The number of nitrogens with zero attached hydrogens (tertiary/aromatic N) is 2. The largest absolute Gasteiger partial charge is 0.573 e. The zero-order valence-corrected chi connectivity index (χ0v) is 18.6. The Morgan fingerprint density at radius 1 is 1.24 bits per heavy atom. The average molecular weight is 526 g/mol. The van der Waals surface area contributed by atoms with E-state index in [1.54, 1.807) is 25.1 Å². The van der Waals surface area contributed by atoms with Gasteiger partial charge in [0.05, 0.1) is 6.61 Å². The van der Waals surface area contributed by atoms with Crippen LogP contribution in [0.2, 0.25) is 0 Å². The van der Waals surface area contributed by atoms with E-state index >= 15 is 0 Å². The number of carbonyl (C=O) groups is 1. The van der Waals surface area contributed by atoms with Crippen LogP contribution < -0.4 is 14.8 Å². The van der Waals surface area contributed by atoms with E-state index in [9.17, 15) is 22.4 Å². The van der Waals surface area contributed by atoms with Crippen molar-refractivity contribution in [2.75, 3.05) is 6.61 Å². The fraction of sp³-hybridized carbons (Fsp3) is 0.227. The molecule has 1 N–H and O–H groups in total. The number of carbonyl (C=O) groups excluding carboxylic acids is 1. The van der Waals surface area contributed by atoms with Crippen LogP contribution in [0.4, 0.5) is 17.6 Å². The number of hydrogen-bond donors (Lipinski definition) is 1. The summed E-state index contributed by atoms with van der Waals surface area (Å²) >= 11 is 3.33. The lowest BCUT2D eigenvalue weighted by Gasteiger charge is -2.39. The molecule has 0 aliphatic carbocycles. The molecule has 33 heavy (non-hydrogen) atoms. The van der Waals surface area contributed by atoms with Gasteiger partial charge in [-0.2, -0.15) is 0 Å². The number of rotatable bonds is 4. The fourth-order valence-electron chi connectivity index (χ4n) is 3.63. The van der Waals surface area contributed by atoms with Crippen LogP contribution in [-0.2, 0) is 5.54 Å². The second-order valence-corrected chi connectivity index (χ2v) is 8.17. The van der Waals surface area contributed by atoms with Gasteiger partial charge in [0.2, 0.25) is 0 Å². The summed E-state index contributed by atoms with van der Waals surface area (Å²) in [5, 5.41) is 2.87. The zero-order valence-electron chi connectivity index (χ0n) is 17.0. The molecule has 0 saturated carbocycles. The van der Waals surface area contributed by atoms with E-state index < -0.39 is 29.4 Å². The molecule has 1 aromatic carbocycles. The summed E-state index contributed by atoms with van der Waals surface area (Å²) < 4.78 is 62.5. The summed E-state index contributed by atoms with van der Waals surface area (Å²) in [5.41, 5.74) is -0.0279. The Hall–Kier alpha value is -3.21. The molecule has 0 bridgehead atoms. The molecule has 2 aromatic heterocycles. The molecule has 1 unspecified atom stereocenters. The average Bonchev–Trinajstić information content (AvgIpc) is 2.76. The maximum absolute atomic E-state index is 14.6. The number of benzene rings is 1. The fourth-order valence-corrected chi connectivity index (χ4v) is 3.85. The van der Waals surface area contributed by atoms with Crippen molar-refractivity contribution in [1.29, 1.82) is 0 Å². The van der Waals surface area contributed by atoms with Gasteiger partial charge in [0.25, 0.3) is 5.91 Å². The lowest BCUT2D eigenvalue weighted by Crippen LogP contribution is -2.50. The monoisotopic (exact) mass is 525 g/mol. The standard InChI is InChI=1S/C22H16BrF4N3O3/c1-12-9-16(29-11-14(12)23)20(31)30-21(6-8-32-18-3-2-7-28-19(18)21)13-4-5-17(15(24)10-13)33-22(25,26)27/h2-5,7,9-11H,6,8H2,1H3,(H,30,31). The van der Waals surface area contributed by atoms with E-state index in [1.165, 1.54) is 18.5 Å². The first kappa shape index (κ1) is 23.0. The zero-order chi connectivity index (χ0) is 23.8. The molecule has 0 saturated heterocycles. The van der Waals surface area contributed by atoms with Crippen LogP contribution in [0.1, 0.15) is 33.7 Å². The smallest absolute Gasteiger partial charge is 0.491 e. The van der Waals surface area contributed by atoms with Gasteiger partial charge in [0.15, 0.2) is 11.6 Å². The highest BCUT2D eigenvalue weighted by Crippen LogP contribution is 2.42. The van der Waals surface area contributed by atoms with Gasteiger partial charge in [-0.1, -0.05) is 6.07 Å². The summed E-state index contributed by atoms with van der Waals surface area (Å²) in [5.74, 6) is -2.42. The van der Waals surface area contributed by atoms with Gasteiger partial charge >= 0.3 is 6.36 Å². The van der Waals surface area contributed by atoms with Crippen LogP contribution in [0.3, 0.4) is 0 Å². The van der Waals surface area contributed by atoms with E-state index in [0.29, 0.717) is 15.9 Å². The Kier molecular flexibility index (Phi) is 6.00. The van der Waals surface area contributed by atoms with Gasteiger partial charge in [-0.15, -0.1) is 13.2 Å². The normalized spacial score (nSPS) is 17.6. The lowest BCUT2D eigenvalue weighted by atomic mass is 9.81. The number of halogens is 5. The van der Waals surface area contributed by atoms with Gasteiger partial charge in [0.1, 0.15) is 22.7 Å². The Balaban J connectivity index is 1.81. The maximum Gasteiger partial charge on any atom is 0.573 e. The minimum Gasteiger partial charge on any atom is -0.491 e. The number of amides is 1. The molecule has 3 heterocycles. The number of pyridine rings is 2. The van der Waals surface area contributed by atoms with Crippen LogP contribution in [0, 0.1) is 12.7 Å². The number of fused-ring (bicyclic) bond motifs is 1. The number of aryl methyl sites for hydroxylation is 1. The molecule has 1 atom stereocenters. The van der Waals surface area contributed by atoms with E-state index in [-0.39, 0.29) is 24.3 Å². The van der Waals surface area contributed by atoms with Gasteiger partial charge < -0.3 is 14.8 Å². The Bertz CT molecular complexity index is 1220. The summed E-state index contributed by atoms with van der Waals surface area (Å²) in [6, 6.07) is 7.87. The Morgan fingerprint density at radius 2 is 2.03 bits per heavy atom. The van der Waals surface area contributed by atoms with Crippen LogP contribution in [0.5, 0.6) is 11.5 Å². The molecule has 3 aromatic rings. The van der Waals surface area contributed by atoms with Crippen LogP contribution >= 0.6 is 15.9 Å². The van der Waals surface area contributed by atoms with Gasteiger partial charge in [-0.05, 0) is 64.3 Å². The van der Waals surface area contributed by atoms with Crippen molar-refractivity contribution >= 4 is 21.8 Å². The first-order valence-electron chi connectivity index (χ1n) is 9.68. The second-order valence-electron chi connectivity index (χ2n) is 7.32. The van der Waals surface area contributed by atoms with Crippen LogP contribution in [-0.4, -0.2) is 28.8 Å². The molecule has 0 spiro atoms. The molecule has 1 amide bonds. The minimum atomic E-state index is -5.05. The van der Waals surface area contributed by atoms with E-state index in [4.69, 9.17) is 4.74 Å². The van der Waals surface area contributed by atoms with Gasteiger partial charge in [-0.25, -0.2) is 9.37 Å². The van der Waals surface area contributed by atoms with Crippen LogP contribution in [0.15, 0.2) is 53.3 Å². The van der Waals surface area contributed by atoms with Crippen molar-refractivity contribution in [1.82, 2.24) is 15.3 Å². The highest BCUT2D eigenvalue weighted by Gasteiger charge is 2.43. The van der Waals surface area contributed by atoms with E-state index in [2.05, 4.69) is 36.0 Å². The topological polar surface area (TPSA) is 73.3 Å². The second kappa shape index (κ2) is 8.62. The predicted octanol–water partition coefficient (Wildman–Crippen LogP) is 5.04. The molecule has 172 valence electrons. The summed E-state index contributed by atoms with van der Waals surface area (Å²) in [7, 11) is 0. The molecule has 0 fully saturated rings. The summed E-state index contributed by atoms with van der Waals surface area (Å²) in [4.78, 5) is 21.6. The van der Waals surface area contributed by atoms with Gasteiger partial charge in [0, 0.05) is 23.3 Å². The quantitative estimate of drug-likeness (QED) is 0.483. The number of aromatic nitrogens is 2. The van der Waals surface area contributed by atoms with E-state index in [1.807, 2.05) is 0 Å². The first-order valence-corrected chi connectivity index (χ1v) is 10.5. The van der Waals surface area contributed by atoms with E-state index in [0.717, 1.165) is 17.7 Å². The Morgan fingerprint density at radius 3 is 2.73 bits per heavy atom. The van der Waals surface area contributed by atoms with Crippen molar-refractivity contribution in [3.8, 4) is 11.5 Å². The lowest BCUT2D eigenvalue weighted by molar-refractivity contribution is -0.275. The molecule has 11 heteroatoms. The number of nitrogens with one attached hydrogen (secondary N) is 1. The molecular formula is C22H16BrF4N3O3. The number of alkyl halides is 3. The number of hydrogen-bond acceptors (Lipinski definition) is 5. The minimum absolute atomic E-state index is 0.108. The molecule has 1 aliphatic rings. The third-order valence-corrected chi connectivity index (χ3v) is 6.00. The molecular weight excluding hydrogens is 510 g/mol. The van der Waals surface area contributed by atoms with Crippen molar-refractivity contribution in [3.63, 3.8) is 0 Å². The number of ether oxygens (including phenoxy) is 2. The molecule has 4 rings (SSSR count). The van der Waals surface area contributed by atoms with Crippen molar-refractivity contribution in [2.45, 2.75) is 25.2 Å². The Labute approximate surface area is 194 Å². The first-order chi connectivity index (χ1) is 15.6. The predicted molar refractivity (Wildman–Crippen MR) is 112 cm³/mol. The molecule has 0 radical (unpaired) electrons. The van der Waals surface area contributed by atoms with Crippen molar-refractivity contribution in [2.24, 2.45) is 0 Å². The summed E-state index contributed by atoms with van der Waals surface area (Å²) in [6.45, 7) is 1.94. The summed E-state index contributed by atoms with van der Waals surface area (Å²) in [6.07, 6.45) is -1.94. The molecule has 1 aliphatic heterocycles. The van der Waals surface area contributed by atoms with Crippen LogP contribution in [0.25, 0.3) is 0 Å². The molecule has 6 nitrogen and oxygen atoms in total. The van der Waals surface area contributed by atoms with Gasteiger partial charge in [-0.3, -0.25) is 9.78 Å². The highest BCUT2D eigenvalue weighted by molar-refractivity contribution is 9.10. The third-order valence-electron chi connectivity index (χ3n) is 5.17. The maximum atomic E-state index is 14.6. The van der Waals surface area contributed by atoms with Crippen molar-refractivity contribution < 1.29 is 31.8 Å². The SMILES string of the molecule is Cc1cc(C(=O)NC2(c3ccc(OC(F)(F)F)c(F)c3)CCOc3cccnc32)ncc1Br.